The van der Waals surface area contributed by atoms with Gasteiger partial charge in [0.1, 0.15) is 0 Å². The topological polar surface area (TPSA) is 57.2 Å². The Morgan fingerprint density at radius 2 is 2.11 bits per heavy atom. The second kappa shape index (κ2) is 6.50. The Bertz CT molecular complexity index is 605. The molecule has 0 aliphatic heterocycles. The van der Waals surface area contributed by atoms with Crippen LogP contribution in [0.4, 0.5) is 0 Å². The molecular formula is C15H20N2O2. The highest BCUT2D eigenvalue weighted by Gasteiger charge is 2.03. The Labute approximate surface area is 112 Å². The predicted octanol–water partition coefficient (Wildman–Crippen LogP) is 1.54. The third kappa shape index (κ3) is 3.22. The molecule has 1 heterocycles. The summed E-state index contributed by atoms with van der Waals surface area (Å²) in [6.07, 6.45) is 2.81. The number of hydrogen-bond donors (Lipinski definition) is 1. The summed E-state index contributed by atoms with van der Waals surface area (Å²) in [5.74, 6) is 0. The Kier molecular flexibility index (Phi) is 4.71. The lowest BCUT2D eigenvalue weighted by molar-refractivity contribution is 0.132. The highest BCUT2D eigenvalue weighted by molar-refractivity contribution is 5.82. The van der Waals surface area contributed by atoms with Crippen LogP contribution in [0.15, 0.2) is 35.3 Å². The van der Waals surface area contributed by atoms with E-state index in [1.807, 2.05) is 24.4 Å². The minimum atomic E-state index is 0.0384. The van der Waals surface area contributed by atoms with Crippen molar-refractivity contribution in [2.24, 2.45) is 5.73 Å². The maximum Gasteiger partial charge on any atom is 0.258 e. The van der Waals surface area contributed by atoms with Gasteiger partial charge in [0.2, 0.25) is 0 Å². The normalized spacial score (nSPS) is 11.1. The Morgan fingerprint density at radius 1 is 1.26 bits per heavy atom. The minimum absolute atomic E-state index is 0.0384. The SMILES string of the molecule is CCc1ccc2c(=O)n(CCOCCN)ccc2c1. The third-order valence-electron chi connectivity index (χ3n) is 3.19. The van der Waals surface area contributed by atoms with Gasteiger partial charge in [-0.25, -0.2) is 0 Å². The van der Waals surface area contributed by atoms with E-state index in [4.69, 9.17) is 10.5 Å². The monoisotopic (exact) mass is 260 g/mol. The summed E-state index contributed by atoms with van der Waals surface area (Å²) in [6.45, 7) is 4.21. The van der Waals surface area contributed by atoms with Crippen LogP contribution < -0.4 is 11.3 Å². The summed E-state index contributed by atoms with van der Waals surface area (Å²) in [5.41, 5.74) is 6.63. The van der Waals surface area contributed by atoms with Crippen molar-refractivity contribution in [2.75, 3.05) is 19.8 Å². The lowest BCUT2D eigenvalue weighted by Crippen LogP contribution is -2.22. The van der Waals surface area contributed by atoms with E-state index < -0.39 is 0 Å². The van der Waals surface area contributed by atoms with Gasteiger partial charge < -0.3 is 15.0 Å². The van der Waals surface area contributed by atoms with Gasteiger partial charge in [-0.3, -0.25) is 4.79 Å². The quantitative estimate of drug-likeness (QED) is 0.801. The number of ether oxygens (including phenoxy) is 1. The standard InChI is InChI=1S/C15H20N2O2/c1-2-12-3-4-14-13(11-12)5-7-17(15(14)18)8-10-19-9-6-16/h3-5,7,11H,2,6,8-10,16H2,1H3. The van der Waals surface area contributed by atoms with Crippen LogP contribution in [0.25, 0.3) is 10.8 Å². The number of rotatable bonds is 6. The minimum Gasteiger partial charge on any atom is -0.378 e. The molecule has 4 heteroatoms. The summed E-state index contributed by atoms with van der Waals surface area (Å²) in [6, 6.07) is 7.98. The molecule has 2 N–H and O–H groups in total. The molecular weight excluding hydrogens is 240 g/mol. The van der Waals surface area contributed by atoms with E-state index in [1.165, 1.54) is 5.56 Å². The van der Waals surface area contributed by atoms with Gasteiger partial charge in [0.05, 0.1) is 13.2 Å². The van der Waals surface area contributed by atoms with Crippen molar-refractivity contribution in [3.8, 4) is 0 Å². The van der Waals surface area contributed by atoms with Crippen molar-refractivity contribution in [3.05, 3.63) is 46.4 Å². The van der Waals surface area contributed by atoms with Crippen molar-refractivity contribution in [1.82, 2.24) is 4.57 Å². The molecule has 0 fully saturated rings. The van der Waals surface area contributed by atoms with E-state index in [9.17, 15) is 4.79 Å². The van der Waals surface area contributed by atoms with Crippen LogP contribution in [0.3, 0.4) is 0 Å². The maximum atomic E-state index is 12.3. The molecule has 1 aromatic heterocycles. The number of nitrogens with zero attached hydrogens (tertiary/aromatic N) is 1. The first kappa shape index (κ1) is 13.8. The Hall–Kier alpha value is -1.65. The molecule has 0 bridgehead atoms. The lowest BCUT2D eigenvalue weighted by Gasteiger charge is -2.08. The Balaban J connectivity index is 2.23. The van der Waals surface area contributed by atoms with Crippen LogP contribution >= 0.6 is 0 Å². The van der Waals surface area contributed by atoms with Crippen LogP contribution in [-0.4, -0.2) is 24.3 Å². The molecule has 0 unspecified atom stereocenters. The summed E-state index contributed by atoms with van der Waals surface area (Å²) >= 11 is 0. The van der Waals surface area contributed by atoms with E-state index in [-0.39, 0.29) is 5.56 Å². The van der Waals surface area contributed by atoms with E-state index in [0.717, 1.165) is 17.2 Å². The largest absolute Gasteiger partial charge is 0.378 e. The molecule has 1 aromatic carbocycles. The fourth-order valence-corrected chi connectivity index (χ4v) is 2.08. The smallest absolute Gasteiger partial charge is 0.258 e. The highest BCUT2D eigenvalue weighted by Crippen LogP contribution is 2.12. The number of fused-ring (bicyclic) bond motifs is 1. The molecule has 0 spiro atoms. The zero-order valence-electron chi connectivity index (χ0n) is 11.3. The van der Waals surface area contributed by atoms with Gasteiger partial charge in [-0.2, -0.15) is 0 Å². The van der Waals surface area contributed by atoms with Crippen molar-refractivity contribution in [3.63, 3.8) is 0 Å². The molecule has 102 valence electrons. The summed E-state index contributed by atoms with van der Waals surface area (Å²) in [5, 5.41) is 1.77. The average Bonchev–Trinajstić information content (AvgIpc) is 2.45. The third-order valence-corrected chi connectivity index (χ3v) is 3.19. The number of aromatic nitrogens is 1. The van der Waals surface area contributed by atoms with E-state index in [0.29, 0.717) is 26.3 Å². The summed E-state index contributed by atoms with van der Waals surface area (Å²) in [4.78, 5) is 12.3. The summed E-state index contributed by atoms with van der Waals surface area (Å²) < 4.78 is 6.99. The van der Waals surface area contributed by atoms with E-state index >= 15 is 0 Å². The zero-order chi connectivity index (χ0) is 13.7. The van der Waals surface area contributed by atoms with Gasteiger partial charge in [-0.1, -0.05) is 19.1 Å². The zero-order valence-corrected chi connectivity index (χ0v) is 11.3. The highest BCUT2D eigenvalue weighted by atomic mass is 16.5. The van der Waals surface area contributed by atoms with Crippen LogP contribution in [0.2, 0.25) is 0 Å². The molecule has 19 heavy (non-hydrogen) atoms. The number of pyridine rings is 1. The van der Waals surface area contributed by atoms with Crippen LogP contribution in [0.5, 0.6) is 0 Å². The molecule has 4 nitrogen and oxygen atoms in total. The second-order valence-electron chi connectivity index (χ2n) is 4.49. The van der Waals surface area contributed by atoms with Gasteiger partial charge in [-0.05, 0) is 29.5 Å². The summed E-state index contributed by atoms with van der Waals surface area (Å²) in [7, 11) is 0. The lowest BCUT2D eigenvalue weighted by atomic mass is 10.1. The van der Waals surface area contributed by atoms with Crippen molar-refractivity contribution in [2.45, 2.75) is 19.9 Å². The molecule has 0 amide bonds. The van der Waals surface area contributed by atoms with Gasteiger partial charge in [0, 0.05) is 24.7 Å². The van der Waals surface area contributed by atoms with Gasteiger partial charge in [0.15, 0.2) is 0 Å². The fourth-order valence-electron chi connectivity index (χ4n) is 2.08. The molecule has 0 aliphatic rings. The average molecular weight is 260 g/mol. The molecule has 0 atom stereocenters. The maximum absolute atomic E-state index is 12.3. The van der Waals surface area contributed by atoms with E-state index in [2.05, 4.69) is 13.0 Å². The number of nitrogens with two attached hydrogens (primary N) is 1. The predicted molar refractivity (Wildman–Crippen MR) is 77.5 cm³/mol. The first-order valence-corrected chi connectivity index (χ1v) is 6.66. The first-order valence-electron chi connectivity index (χ1n) is 6.66. The molecule has 0 saturated heterocycles. The number of benzene rings is 1. The van der Waals surface area contributed by atoms with Crippen molar-refractivity contribution in [1.29, 1.82) is 0 Å². The number of aryl methyl sites for hydroxylation is 1. The van der Waals surface area contributed by atoms with Crippen LogP contribution in [-0.2, 0) is 17.7 Å². The van der Waals surface area contributed by atoms with Gasteiger partial charge in [-0.15, -0.1) is 0 Å². The van der Waals surface area contributed by atoms with Crippen molar-refractivity contribution < 1.29 is 4.74 Å². The van der Waals surface area contributed by atoms with Crippen LogP contribution in [0, 0.1) is 0 Å². The molecule has 0 radical (unpaired) electrons. The van der Waals surface area contributed by atoms with E-state index in [1.54, 1.807) is 4.57 Å². The molecule has 2 rings (SSSR count). The van der Waals surface area contributed by atoms with Crippen molar-refractivity contribution >= 4 is 10.8 Å². The van der Waals surface area contributed by atoms with Gasteiger partial charge in [0.25, 0.3) is 5.56 Å². The molecule has 0 aliphatic carbocycles. The fraction of sp³-hybridized carbons (Fsp3) is 0.400. The second-order valence-corrected chi connectivity index (χ2v) is 4.49. The first-order chi connectivity index (χ1) is 9.26. The molecule has 2 aromatic rings. The Morgan fingerprint density at radius 3 is 2.84 bits per heavy atom. The number of hydrogen-bond acceptors (Lipinski definition) is 3. The molecule has 0 saturated carbocycles. The van der Waals surface area contributed by atoms with Crippen LogP contribution in [0.1, 0.15) is 12.5 Å². The van der Waals surface area contributed by atoms with Gasteiger partial charge >= 0.3 is 0 Å².